The van der Waals surface area contributed by atoms with Crippen LogP contribution in [-0.2, 0) is 4.74 Å². The third-order valence-corrected chi connectivity index (χ3v) is 6.98. The van der Waals surface area contributed by atoms with Crippen molar-refractivity contribution in [1.29, 1.82) is 0 Å². The van der Waals surface area contributed by atoms with Crippen molar-refractivity contribution in [2.45, 2.75) is 57.5 Å². The molecule has 2 aliphatic heterocycles. The Kier molecular flexibility index (Phi) is 5.33. The second-order valence-corrected chi connectivity index (χ2v) is 8.25. The van der Waals surface area contributed by atoms with Gasteiger partial charge in [0, 0.05) is 12.4 Å². The molecule has 1 aliphatic carbocycles. The molecule has 1 saturated carbocycles. The maximum absolute atomic E-state index is 6.21. The van der Waals surface area contributed by atoms with E-state index in [1.807, 2.05) is 0 Å². The molecular weight excluding hydrogens is 266 g/mol. The van der Waals surface area contributed by atoms with Gasteiger partial charge in [-0.2, -0.15) is 11.8 Å². The molecule has 0 aromatic heterocycles. The van der Waals surface area contributed by atoms with Gasteiger partial charge in [0.25, 0.3) is 0 Å². The molecule has 2 heterocycles. The fourth-order valence-corrected chi connectivity index (χ4v) is 6.08. The molecule has 4 unspecified atom stereocenters. The highest BCUT2D eigenvalue weighted by molar-refractivity contribution is 7.99. The van der Waals surface area contributed by atoms with Crippen molar-refractivity contribution in [2.24, 2.45) is 17.8 Å². The summed E-state index contributed by atoms with van der Waals surface area (Å²) in [5.41, 5.74) is 0.275. The van der Waals surface area contributed by atoms with Crippen LogP contribution < -0.4 is 5.32 Å². The average molecular weight is 298 g/mol. The Bertz CT molecular complexity index is 303. The van der Waals surface area contributed by atoms with Crippen LogP contribution in [0.5, 0.6) is 0 Å². The molecule has 0 radical (unpaired) electrons. The zero-order valence-corrected chi connectivity index (χ0v) is 13.9. The second kappa shape index (κ2) is 7.02. The van der Waals surface area contributed by atoms with Crippen molar-refractivity contribution in [3.8, 4) is 0 Å². The average Bonchev–Trinajstić information content (AvgIpc) is 3.09. The molecule has 4 atom stereocenters. The first-order chi connectivity index (χ1) is 9.83. The summed E-state index contributed by atoms with van der Waals surface area (Å²) < 4.78 is 6.21. The van der Waals surface area contributed by atoms with Gasteiger partial charge in [-0.1, -0.05) is 13.3 Å². The van der Waals surface area contributed by atoms with E-state index in [9.17, 15) is 0 Å². The minimum absolute atomic E-state index is 0.275. The summed E-state index contributed by atoms with van der Waals surface area (Å²) >= 11 is 2.10. The molecule has 0 aromatic rings. The van der Waals surface area contributed by atoms with Crippen LogP contribution in [-0.4, -0.2) is 36.8 Å². The van der Waals surface area contributed by atoms with Gasteiger partial charge >= 0.3 is 0 Å². The summed E-state index contributed by atoms with van der Waals surface area (Å²) in [7, 11) is 0. The predicted octanol–water partition coefficient (Wildman–Crippen LogP) is 3.70. The van der Waals surface area contributed by atoms with Gasteiger partial charge in [-0.25, -0.2) is 0 Å². The fraction of sp³-hybridized carbons (Fsp3) is 1.00. The van der Waals surface area contributed by atoms with Crippen molar-refractivity contribution in [1.82, 2.24) is 5.32 Å². The van der Waals surface area contributed by atoms with Crippen molar-refractivity contribution in [3.05, 3.63) is 0 Å². The van der Waals surface area contributed by atoms with Gasteiger partial charge in [0.15, 0.2) is 0 Å². The second-order valence-electron chi connectivity index (χ2n) is 7.15. The van der Waals surface area contributed by atoms with E-state index in [-0.39, 0.29) is 5.60 Å². The highest BCUT2D eigenvalue weighted by atomic mass is 32.2. The maximum atomic E-state index is 6.21. The van der Waals surface area contributed by atoms with Gasteiger partial charge < -0.3 is 10.1 Å². The van der Waals surface area contributed by atoms with E-state index in [0.717, 1.165) is 24.4 Å². The normalized spacial score (nSPS) is 41.5. The third-order valence-electron chi connectivity index (χ3n) is 5.75. The molecule has 1 spiro atoms. The van der Waals surface area contributed by atoms with E-state index >= 15 is 0 Å². The Balaban J connectivity index is 1.56. The molecule has 20 heavy (non-hydrogen) atoms. The summed E-state index contributed by atoms with van der Waals surface area (Å²) in [5.74, 6) is 5.44. The molecule has 0 aromatic carbocycles. The van der Waals surface area contributed by atoms with Crippen LogP contribution in [0.2, 0.25) is 0 Å². The SMILES string of the molecule is CCCNCC1CCCC1C1CCOC2(CCSC2)C1. The quantitative estimate of drug-likeness (QED) is 0.782. The molecule has 3 rings (SSSR count). The zero-order chi connectivity index (χ0) is 13.8. The lowest BCUT2D eigenvalue weighted by Crippen LogP contribution is -2.43. The molecule has 2 nitrogen and oxygen atoms in total. The number of thioether (sulfide) groups is 1. The first-order valence-corrected chi connectivity index (χ1v) is 9.91. The van der Waals surface area contributed by atoms with E-state index in [2.05, 4.69) is 24.0 Å². The fourth-order valence-electron chi connectivity index (χ4n) is 4.70. The molecule has 3 heteroatoms. The standard InChI is InChI=1S/C17H31NOS/c1-2-8-18-12-15-4-3-5-16(15)14-6-9-19-17(11-14)7-10-20-13-17/h14-16,18H,2-13H2,1H3. The largest absolute Gasteiger partial charge is 0.374 e. The van der Waals surface area contributed by atoms with Crippen molar-refractivity contribution in [3.63, 3.8) is 0 Å². The van der Waals surface area contributed by atoms with Gasteiger partial charge in [0.2, 0.25) is 0 Å². The Hall–Kier alpha value is 0.270. The number of ether oxygens (including phenoxy) is 1. The minimum Gasteiger partial charge on any atom is -0.374 e. The van der Waals surface area contributed by atoms with Crippen LogP contribution >= 0.6 is 11.8 Å². The monoisotopic (exact) mass is 297 g/mol. The Morgan fingerprint density at radius 2 is 2.25 bits per heavy atom. The minimum atomic E-state index is 0.275. The summed E-state index contributed by atoms with van der Waals surface area (Å²) in [5, 5.41) is 3.67. The first-order valence-electron chi connectivity index (χ1n) is 8.75. The lowest BCUT2D eigenvalue weighted by Gasteiger charge is -2.41. The Morgan fingerprint density at radius 3 is 3.05 bits per heavy atom. The van der Waals surface area contributed by atoms with Crippen molar-refractivity contribution in [2.75, 3.05) is 31.2 Å². The summed E-state index contributed by atoms with van der Waals surface area (Å²) in [4.78, 5) is 0. The zero-order valence-electron chi connectivity index (χ0n) is 13.0. The molecule has 3 fully saturated rings. The van der Waals surface area contributed by atoms with E-state index < -0.39 is 0 Å². The number of rotatable bonds is 5. The van der Waals surface area contributed by atoms with Crippen LogP contribution in [0.3, 0.4) is 0 Å². The molecule has 0 bridgehead atoms. The number of nitrogens with one attached hydrogen (secondary N) is 1. The maximum Gasteiger partial charge on any atom is 0.0783 e. The first kappa shape index (κ1) is 15.2. The molecular formula is C17H31NOS. The Morgan fingerprint density at radius 1 is 1.30 bits per heavy atom. The van der Waals surface area contributed by atoms with Gasteiger partial charge in [-0.3, -0.25) is 0 Å². The van der Waals surface area contributed by atoms with Crippen LogP contribution in [0.25, 0.3) is 0 Å². The number of hydrogen-bond acceptors (Lipinski definition) is 3. The summed E-state index contributed by atoms with van der Waals surface area (Å²) in [6, 6.07) is 0. The van der Waals surface area contributed by atoms with Crippen molar-refractivity contribution < 1.29 is 4.74 Å². The molecule has 3 aliphatic rings. The van der Waals surface area contributed by atoms with Crippen LogP contribution in [0, 0.1) is 17.8 Å². The molecule has 116 valence electrons. The van der Waals surface area contributed by atoms with E-state index in [4.69, 9.17) is 4.74 Å². The number of hydrogen-bond donors (Lipinski definition) is 1. The molecule has 2 saturated heterocycles. The summed E-state index contributed by atoms with van der Waals surface area (Å²) in [6.45, 7) is 5.74. The predicted molar refractivity (Wildman–Crippen MR) is 87.3 cm³/mol. The van der Waals surface area contributed by atoms with Crippen LogP contribution in [0.1, 0.15) is 51.9 Å². The lowest BCUT2D eigenvalue weighted by atomic mass is 9.74. The molecule has 0 amide bonds. The topological polar surface area (TPSA) is 21.3 Å². The third kappa shape index (κ3) is 3.36. The van der Waals surface area contributed by atoms with Gasteiger partial charge in [0.1, 0.15) is 0 Å². The van der Waals surface area contributed by atoms with Gasteiger partial charge in [-0.15, -0.1) is 0 Å². The van der Waals surface area contributed by atoms with E-state index in [1.165, 1.54) is 69.5 Å². The Labute approximate surface area is 128 Å². The van der Waals surface area contributed by atoms with Crippen molar-refractivity contribution >= 4 is 11.8 Å². The lowest BCUT2D eigenvalue weighted by molar-refractivity contribution is -0.0918. The highest BCUT2D eigenvalue weighted by Gasteiger charge is 2.44. The van der Waals surface area contributed by atoms with Gasteiger partial charge in [0.05, 0.1) is 5.60 Å². The van der Waals surface area contributed by atoms with E-state index in [1.54, 1.807) is 0 Å². The molecule has 1 N–H and O–H groups in total. The van der Waals surface area contributed by atoms with E-state index in [0.29, 0.717) is 0 Å². The van der Waals surface area contributed by atoms with Crippen LogP contribution in [0.4, 0.5) is 0 Å². The summed E-state index contributed by atoms with van der Waals surface area (Å²) in [6.07, 6.45) is 9.64. The van der Waals surface area contributed by atoms with Gasteiger partial charge in [-0.05, 0) is 75.1 Å². The van der Waals surface area contributed by atoms with Crippen LogP contribution in [0.15, 0.2) is 0 Å². The smallest absolute Gasteiger partial charge is 0.0783 e. The highest BCUT2D eigenvalue weighted by Crippen LogP contribution is 2.47.